The molecule has 0 aliphatic rings. The zero-order valence-electron chi connectivity index (χ0n) is 13.5. The van der Waals surface area contributed by atoms with Crippen LogP contribution in [0.2, 0.25) is 0 Å². The summed E-state index contributed by atoms with van der Waals surface area (Å²) in [5.74, 6) is 1.28. The third-order valence-corrected chi connectivity index (χ3v) is 3.40. The highest BCUT2D eigenvalue weighted by atomic mass is 16.5. The SMILES string of the molecule is COc1cccc(NC(=O)Nc2cc(C)nn2-c2ccccc2)c1. The van der Waals surface area contributed by atoms with Gasteiger partial charge >= 0.3 is 6.03 Å². The Kier molecular flexibility index (Phi) is 4.47. The first kappa shape index (κ1) is 15.6. The van der Waals surface area contributed by atoms with Gasteiger partial charge in [-0.15, -0.1) is 0 Å². The first-order chi connectivity index (χ1) is 11.7. The summed E-state index contributed by atoms with van der Waals surface area (Å²) < 4.78 is 6.84. The van der Waals surface area contributed by atoms with Gasteiger partial charge in [-0.05, 0) is 31.2 Å². The number of methoxy groups -OCH3 is 1. The van der Waals surface area contributed by atoms with E-state index in [-0.39, 0.29) is 6.03 Å². The van der Waals surface area contributed by atoms with Crippen LogP contribution in [0.4, 0.5) is 16.3 Å². The summed E-state index contributed by atoms with van der Waals surface area (Å²) >= 11 is 0. The van der Waals surface area contributed by atoms with Gasteiger partial charge in [0.25, 0.3) is 0 Å². The average molecular weight is 322 g/mol. The van der Waals surface area contributed by atoms with Crippen molar-refractivity contribution in [3.05, 3.63) is 66.4 Å². The highest BCUT2D eigenvalue weighted by Crippen LogP contribution is 2.19. The molecule has 0 atom stereocenters. The Labute approximate surface area is 140 Å². The summed E-state index contributed by atoms with van der Waals surface area (Å²) in [6.45, 7) is 1.88. The molecule has 0 unspecified atom stereocenters. The zero-order valence-corrected chi connectivity index (χ0v) is 13.5. The molecule has 1 aromatic heterocycles. The molecule has 3 rings (SSSR count). The fourth-order valence-corrected chi connectivity index (χ4v) is 2.33. The van der Waals surface area contributed by atoms with Gasteiger partial charge in [-0.2, -0.15) is 5.10 Å². The van der Waals surface area contributed by atoms with Crippen molar-refractivity contribution in [3.63, 3.8) is 0 Å². The summed E-state index contributed by atoms with van der Waals surface area (Å²) in [5.41, 5.74) is 2.34. The molecule has 0 aliphatic carbocycles. The molecule has 2 N–H and O–H groups in total. The second-order valence-corrected chi connectivity index (χ2v) is 5.23. The van der Waals surface area contributed by atoms with Crippen molar-refractivity contribution >= 4 is 17.5 Å². The third-order valence-electron chi connectivity index (χ3n) is 3.40. The molecule has 0 aliphatic heterocycles. The van der Waals surface area contributed by atoms with E-state index in [1.165, 1.54) is 0 Å². The van der Waals surface area contributed by atoms with Gasteiger partial charge in [0.2, 0.25) is 0 Å². The van der Waals surface area contributed by atoms with Crippen molar-refractivity contribution in [1.82, 2.24) is 9.78 Å². The standard InChI is InChI=1S/C18H18N4O2/c1-13-11-17(22(21-13)15-8-4-3-5-9-15)20-18(23)19-14-7-6-10-16(12-14)24-2/h3-12H,1-2H3,(H2,19,20,23). The molecular formula is C18H18N4O2. The Bertz CT molecular complexity index is 843. The molecule has 3 aromatic rings. The molecule has 0 radical (unpaired) electrons. The van der Waals surface area contributed by atoms with Crippen LogP contribution in [0, 0.1) is 6.92 Å². The predicted molar refractivity (Wildman–Crippen MR) is 93.9 cm³/mol. The minimum atomic E-state index is -0.347. The molecule has 0 fully saturated rings. The molecule has 24 heavy (non-hydrogen) atoms. The van der Waals surface area contributed by atoms with Crippen LogP contribution in [0.25, 0.3) is 5.69 Å². The van der Waals surface area contributed by atoms with E-state index in [9.17, 15) is 4.79 Å². The Morgan fingerprint density at radius 3 is 2.58 bits per heavy atom. The normalized spacial score (nSPS) is 10.2. The molecule has 1 heterocycles. The third kappa shape index (κ3) is 3.55. The number of hydrogen-bond acceptors (Lipinski definition) is 3. The van der Waals surface area contributed by atoms with Gasteiger partial charge in [0.1, 0.15) is 11.6 Å². The number of aryl methyl sites for hydroxylation is 1. The number of anilines is 2. The molecule has 2 aromatic carbocycles. The second kappa shape index (κ2) is 6.87. The molecule has 6 nitrogen and oxygen atoms in total. The molecule has 0 bridgehead atoms. The maximum absolute atomic E-state index is 12.3. The van der Waals surface area contributed by atoms with Crippen molar-refractivity contribution in [1.29, 1.82) is 0 Å². The van der Waals surface area contributed by atoms with Crippen LogP contribution in [0.5, 0.6) is 5.75 Å². The van der Waals surface area contributed by atoms with Crippen molar-refractivity contribution in [2.45, 2.75) is 6.92 Å². The molecule has 122 valence electrons. The van der Waals surface area contributed by atoms with Crippen LogP contribution in [-0.2, 0) is 0 Å². The van der Waals surface area contributed by atoms with E-state index >= 15 is 0 Å². The molecular weight excluding hydrogens is 304 g/mol. The molecule has 0 spiro atoms. The summed E-state index contributed by atoms with van der Waals surface area (Å²) in [4.78, 5) is 12.3. The summed E-state index contributed by atoms with van der Waals surface area (Å²) in [6, 6.07) is 18.3. The Morgan fingerprint density at radius 2 is 1.83 bits per heavy atom. The van der Waals surface area contributed by atoms with Crippen molar-refractivity contribution in [2.75, 3.05) is 17.7 Å². The van der Waals surface area contributed by atoms with Crippen molar-refractivity contribution in [2.24, 2.45) is 0 Å². The number of urea groups is 1. The number of carbonyl (C=O) groups is 1. The lowest BCUT2D eigenvalue weighted by atomic mass is 10.3. The summed E-state index contributed by atoms with van der Waals surface area (Å²) in [6.07, 6.45) is 0. The number of ether oxygens (including phenoxy) is 1. The van der Waals surface area contributed by atoms with Crippen LogP contribution >= 0.6 is 0 Å². The number of rotatable bonds is 4. The topological polar surface area (TPSA) is 68.2 Å². The van der Waals surface area contributed by atoms with Gasteiger partial charge in [-0.1, -0.05) is 24.3 Å². The Hall–Kier alpha value is -3.28. The Balaban J connectivity index is 1.77. The number of para-hydroxylation sites is 1. The number of amides is 2. The number of aromatic nitrogens is 2. The second-order valence-electron chi connectivity index (χ2n) is 5.23. The van der Waals surface area contributed by atoms with Crippen LogP contribution in [0.15, 0.2) is 60.7 Å². The largest absolute Gasteiger partial charge is 0.497 e. The average Bonchev–Trinajstić information content (AvgIpc) is 2.96. The maximum Gasteiger partial charge on any atom is 0.324 e. The van der Waals surface area contributed by atoms with Gasteiger partial charge in [0, 0.05) is 17.8 Å². The predicted octanol–water partition coefficient (Wildman–Crippen LogP) is 3.83. The van der Waals surface area contributed by atoms with E-state index in [1.807, 2.05) is 55.5 Å². The van der Waals surface area contributed by atoms with Crippen LogP contribution in [0.3, 0.4) is 0 Å². The number of carbonyl (C=O) groups excluding carboxylic acids is 1. The first-order valence-electron chi connectivity index (χ1n) is 7.50. The Morgan fingerprint density at radius 1 is 1.04 bits per heavy atom. The van der Waals surface area contributed by atoms with Crippen molar-refractivity contribution < 1.29 is 9.53 Å². The van der Waals surface area contributed by atoms with Crippen LogP contribution in [0.1, 0.15) is 5.69 Å². The molecule has 0 saturated heterocycles. The van der Waals surface area contributed by atoms with E-state index in [1.54, 1.807) is 23.9 Å². The molecule has 2 amide bonds. The van der Waals surface area contributed by atoms with E-state index in [2.05, 4.69) is 15.7 Å². The molecule has 0 saturated carbocycles. The highest BCUT2D eigenvalue weighted by molar-refractivity contribution is 5.99. The number of benzene rings is 2. The number of hydrogen-bond donors (Lipinski definition) is 2. The minimum Gasteiger partial charge on any atom is -0.497 e. The van der Waals surface area contributed by atoms with Crippen LogP contribution in [-0.4, -0.2) is 22.9 Å². The van der Waals surface area contributed by atoms with Crippen molar-refractivity contribution in [3.8, 4) is 11.4 Å². The minimum absolute atomic E-state index is 0.347. The smallest absolute Gasteiger partial charge is 0.324 e. The van der Waals surface area contributed by atoms with E-state index in [0.717, 1.165) is 11.4 Å². The lowest BCUT2D eigenvalue weighted by Crippen LogP contribution is -2.21. The monoisotopic (exact) mass is 322 g/mol. The van der Waals surface area contributed by atoms with E-state index in [4.69, 9.17) is 4.74 Å². The summed E-state index contributed by atoms with van der Waals surface area (Å²) in [7, 11) is 1.58. The van der Waals surface area contributed by atoms with E-state index < -0.39 is 0 Å². The quantitative estimate of drug-likeness (QED) is 0.767. The van der Waals surface area contributed by atoms with Gasteiger partial charge in [-0.25, -0.2) is 9.48 Å². The lowest BCUT2D eigenvalue weighted by molar-refractivity contribution is 0.262. The maximum atomic E-state index is 12.3. The van der Waals surface area contributed by atoms with Gasteiger partial charge in [-0.3, -0.25) is 5.32 Å². The molecule has 6 heteroatoms. The van der Waals surface area contributed by atoms with Gasteiger partial charge in [0.15, 0.2) is 0 Å². The van der Waals surface area contributed by atoms with Crippen LogP contribution < -0.4 is 15.4 Å². The lowest BCUT2D eigenvalue weighted by Gasteiger charge is -2.10. The zero-order chi connectivity index (χ0) is 16.9. The highest BCUT2D eigenvalue weighted by Gasteiger charge is 2.11. The fraction of sp³-hybridized carbons (Fsp3) is 0.111. The summed E-state index contributed by atoms with van der Waals surface area (Å²) in [5, 5.41) is 10.0. The number of nitrogens with zero attached hydrogens (tertiary/aromatic N) is 2. The van der Waals surface area contributed by atoms with Gasteiger partial charge in [0.05, 0.1) is 18.5 Å². The number of nitrogens with one attached hydrogen (secondary N) is 2. The van der Waals surface area contributed by atoms with E-state index in [0.29, 0.717) is 17.3 Å². The fourth-order valence-electron chi connectivity index (χ4n) is 2.33. The van der Waals surface area contributed by atoms with Gasteiger partial charge < -0.3 is 10.1 Å². The first-order valence-corrected chi connectivity index (χ1v) is 7.50.